The molecule has 3 heteroatoms. The van der Waals surface area contributed by atoms with Gasteiger partial charge in [-0.25, -0.2) is 0 Å². The summed E-state index contributed by atoms with van der Waals surface area (Å²) in [5.41, 5.74) is 0. The number of methoxy groups -OCH3 is 1. The predicted octanol–water partition coefficient (Wildman–Crippen LogP) is 1.88. The first-order valence-corrected chi connectivity index (χ1v) is 7.28. The molecule has 3 nitrogen and oxygen atoms in total. The molecule has 0 spiro atoms. The highest BCUT2D eigenvalue weighted by atomic mass is 16.5. The van der Waals surface area contributed by atoms with E-state index in [9.17, 15) is 0 Å². The molecule has 0 bridgehead atoms. The van der Waals surface area contributed by atoms with Crippen molar-refractivity contribution in [3.63, 3.8) is 0 Å². The van der Waals surface area contributed by atoms with Crippen LogP contribution in [0.3, 0.4) is 0 Å². The molecular formula is C14H28N2O. The van der Waals surface area contributed by atoms with Gasteiger partial charge in [-0.15, -0.1) is 0 Å². The third-order valence-electron chi connectivity index (χ3n) is 4.43. The van der Waals surface area contributed by atoms with Crippen LogP contribution in [0.4, 0.5) is 0 Å². The summed E-state index contributed by atoms with van der Waals surface area (Å²) in [5, 5.41) is 3.73. The second-order valence-electron chi connectivity index (χ2n) is 5.76. The molecule has 2 atom stereocenters. The van der Waals surface area contributed by atoms with E-state index in [4.69, 9.17) is 4.74 Å². The first-order chi connectivity index (χ1) is 8.29. The van der Waals surface area contributed by atoms with Crippen LogP contribution in [-0.4, -0.2) is 50.3 Å². The third kappa shape index (κ3) is 3.94. The Morgan fingerprint density at radius 2 is 2.06 bits per heavy atom. The van der Waals surface area contributed by atoms with E-state index in [2.05, 4.69) is 17.1 Å². The quantitative estimate of drug-likeness (QED) is 0.812. The molecule has 2 rings (SSSR count). The van der Waals surface area contributed by atoms with Crippen molar-refractivity contribution < 1.29 is 4.74 Å². The van der Waals surface area contributed by atoms with Gasteiger partial charge in [-0.3, -0.25) is 4.90 Å². The lowest BCUT2D eigenvalue weighted by Gasteiger charge is -2.40. The highest BCUT2D eigenvalue weighted by Gasteiger charge is 2.28. The van der Waals surface area contributed by atoms with E-state index < -0.39 is 0 Å². The predicted molar refractivity (Wildman–Crippen MR) is 71.3 cm³/mol. The average molecular weight is 240 g/mol. The number of hydrogen-bond donors (Lipinski definition) is 1. The van der Waals surface area contributed by atoms with Crippen LogP contribution in [0.2, 0.25) is 0 Å². The van der Waals surface area contributed by atoms with Gasteiger partial charge in [0.2, 0.25) is 0 Å². The van der Waals surface area contributed by atoms with Crippen molar-refractivity contribution in [2.45, 2.75) is 51.2 Å². The molecule has 0 radical (unpaired) electrons. The number of piperazine rings is 1. The molecule has 1 saturated carbocycles. The normalized spacial score (nSPS) is 30.4. The Bertz CT molecular complexity index is 216. The van der Waals surface area contributed by atoms with Crippen molar-refractivity contribution in [2.24, 2.45) is 5.92 Å². The maximum absolute atomic E-state index is 5.37. The molecule has 0 amide bonds. The third-order valence-corrected chi connectivity index (χ3v) is 4.43. The molecule has 0 aromatic rings. The summed E-state index contributed by atoms with van der Waals surface area (Å²) in [5.74, 6) is 0.921. The van der Waals surface area contributed by atoms with Gasteiger partial charge >= 0.3 is 0 Å². The highest BCUT2D eigenvalue weighted by Crippen LogP contribution is 2.27. The smallest absolute Gasteiger partial charge is 0.0670 e. The van der Waals surface area contributed by atoms with E-state index in [0.717, 1.165) is 25.0 Å². The summed E-state index contributed by atoms with van der Waals surface area (Å²) in [6.07, 6.45) is 7.57. The molecule has 0 aromatic carbocycles. The molecule has 17 heavy (non-hydrogen) atoms. The Labute approximate surface area is 106 Å². The van der Waals surface area contributed by atoms with Crippen molar-refractivity contribution in [3.8, 4) is 0 Å². The second-order valence-corrected chi connectivity index (χ2v) is 5.76. The fourth-order valence-corrected chi connectivity index (χ4v) is 3.30. The largest absolute Gasteiger partial charge is 0.380 e. The summed E-state index contributed by atoms with van der Waals surface area (Å²) >= 11 is 0. The van der Waals surface area contributed by atoms with E-state index in [0.29, 0.717) is 6.10 Å². The zero-order chi connectivity index (χ0) is 12.1. The van der Waals surface area contributed by atoms with Gasteiger partial charge in [0.05, 0.1) is 6.10 Å². The molecule has 2 aliphatic rings. The number of nitrogens with zero attached hydrogens (tertiary/aromatic N) is 1. The van der Waals surface area contributed by atoms with Crippen molar-refractivity contribution >= 4 is 0 Å². The summed E-state index contributed by atoms with van der Waals surface area (Å²) < 4.78 is 5.37. The molecule has 1 N–H and O–H groups in total. The molecular weight excluding hydrogens is 212 g/mol. The fraction of sp³-hybridized carbons (Fsp3) is 1.00. The maximum Gasteiger partial charge on any atom is 0.0670 e. The summed E-state index contributed by atoms with van der Waals surface area (Å²) in [4.78, 5) is 2.57. The van der Waals surface area contributed by atoms with Crippen LogP contribution < -0.4 is 5.32 Å². The van der Waals surface area contributed by atoms with Gasteiger partial charge < -0.3 is 10.1 Å². The Hall–Kier alpha value is -0.120. The molecule has 2 unspecified atom stereocenters. The molecule has 100 valence electrons. The van der Waals surface area contributed by atoms with Gasteiger partial charge in [-0.2, -0.15) is 0 Å². The highest BCUT2D eigenvalue weighted by molar-refractivity contribution is 4.86. The Morgan fingerprint density at radius 1 is 1.29 bits per heavy atom. The van der Waals surface area contributed by atoms with Gasteiger partial charge in [0, 0.05) is 39.3 Å². The SMILES string of the molecule is COC(C)CN1CCNC(C2CCCCC2)C1. The second kappa shape index (κ2) is 6.72. The van der Waals surface area contributed by atoms with Crippen molar-refractivity contribution in [1.82, 2.24) is 10.2 Å². The molecule has 2 fully saturated rings. The molecule has 0 aromatic heterocycles. The Balaban J connectivity index is 1.79. The van der Waals surface area contributed by atoms with E-state index in [1.54, 1.807) is 0 Å². The summed E-state index contributed by atoms with van der Waals surface area (Å²) in [6, 6.07) is 0.730. The van der Waals surface area contributed by atoms with Gasteiger partial charge in [0.15, 0.2) is 0 Å². The maximum atomic E-state index is 5.37. The Kier molecular flexibility index (Phi) is 5.26. The monoisotopic (exact) mass is 240 g/mol. The first-order valence-electron chi connectivity index (χ1n) is 7.28. The van der Waals surface area contributed by atoms with Crippen LogP contribution in [0.5, 0.6) is 0 Å². The van der Waals surface area contributed by atoms with E-state index in [-0.39, 0.29) is 0 Å². The Morgan fingerprint density at radius 3 is 2.76 bits per heavy atom. The minimum absolute atomic E-state index is 0.361. The lowest BCUT2D eigenvalue weighted by molar-refractivity contribution is 0.0570. The van der Waals surface area contributed by atoms with Crippen LogP contribution in [0.1, 0.15) is 39.0 Å². The zero-order valence-electron chi connectivity index (χ0n) is 11.5. The van der Waals surface area contributed by atoms with E-state index in [1.165, 1.54) is 45.2 Å². The fourth-order valence-electron chi connectivity index (χ4n) is 3.30. The molecule has 1 heterocycles. The topological polar surface area (TPSA) is 24.5 Å². The molecule has 1 saturated heterocycles. The van der Waals surface area contributed by atoms with Crippen LogP contribution in [0.25, 0.3) is 0 Å². The van der Waals surface area contributed by atoms with Crippen molar-refractivity contribution in [1.29, 1.82) is 0 Å². The zero-order valence-corrected chi connectivity index (χ0v) is 11.5. The average Bonchev–Trinajstić information content (AvgIpc) is 2.40. The summed E-state index contributed by atoms with van der Waals surface area (Å²) in [6.45, 7) is 6.80. The standard InChI is InChI=1S/C14H28N2O/c1-12(17-2)10-16-9-8-15-14(11-16)13-6-4-3-5-7-13/h12-15H,3-11H2,1-2H3. The lowest BCUT2D eigenvalue weighted by Crippen LogP contribution is -2.55. The minimum atomic E-state index is 0.361. The van der Waals surface area contributed by atoms with Crippen molar-refractivity contribution in [3.05, 3.63) is 0 Å². The van der Waals surface area contributed by atoms with Gasteiger partial charge in [0.25, 0.3) is 0 Å². The number of ether oxygens (including phenoxy) is 1. The lowest BCUT2D eigenvalue weighted by atomic mass is 9.83. The summed E-state index contributed by atoms with van der Waals surface area (Å²) in [7, 11) is 1.81. The minimum Gasteiger partial charge on any atom is -0.380 e. The molecule has 1 aliphatic carbocycles. The van der Waals surface area contributed by atoms with Gasteiger partial charge in [-0.1, -0.05) is 19.3 Å². The van der Waals surface area contributed by atoms with Crippen LogP contribution in [0.15, 0.2) is 0 Å². The van der Waals surface area contributed by atoms with Crippen LogP contribution in [0, 0.1) is 5.92 Å². The number of hydrogen-bond acceptors (Lipinski definition) is 3. The van der Waals surface area contributed by atoms with E-state index >= 15 is 0 Å². The van der Waals surface area contributed by atoms with Gasteiger partial charge in [0.1, 0.15) is 0 Å². The number of rotatable bonds is 4. The van der Waals surface area contributed by atoms with Crippen LogP contribution >= 0.6 is 0 Å². The van der Waals surface area contributed by atoms with E-state index in [1.807, 2.05) is 7.11 Å². The van der Waals surface area contributed by atoms with Crippen LogP contribution in [-0.2, 0) is 4.74 Å². The first kappa shape index (κ1) is 13.3. The molecule has 1 aliphatic heterocycles. The van der Waals surface area contributed by atoms with Gasteiger partial charge in [-0.05, 0) is 25.7 Å². The number of nitrogens with one attached hydrogen (secondary N) is 1. The van der Waals surface area contributed by atoms with Crippen molar-refractivity contribution in [2.75, 3.05) is 33.3 Å².